The van der Waals surface area contributed by atoms with Crippen LogP contribution in [0.1, 0.15) is 37.1 Å². The van der Waals surface area contributed by atoms with Crippen molar-refractivity contribution in [2.24, 2.45) is 16.6 Å². The first kappa shape index (κ1) is 17.3. The van der Waals surface area contributed by atoms with Crippen molar-refractivity contribution in [1.29, 1.82) is 0 Å². The predicted molar refractivity (Wildman–Crippen MR) is 89.9 cm³/mol. The molecule has 1 heterocycles. The molecule has 1 aliphatic rings. The number of carbonyl (C=O) groups is 1. The Balaban J connectivity index is 1.70. The maximum atomic E-state index is 13.2. The number of nitrogens with two attached hydrogens (primary N) is 1. The van der Waals surface area contributed by atoms with Gasteiger partial charge in [0.25, 0.3) is 0 Å². The topological polar surface area (TPSA) is 106 Å². The van der Waals surface area contributed by atoms with Gasteiger partial charge in [-0.25, -0.2) is 14.0 Å². The van der Waals surface area contributed by atoms with Crippen LogP contribution < -0.4 is 11.1 Å². The third-order valence-electron chi connectivity index (χ3n) is 4.11. The SMILES string of the molecule is NC(=Nc1ccc(F)c(Cl)c1)c1nonc1CNC(=O)C1CCCC1. The maximum Gasteiger partial charge on any atom is 0.223 e. The molecule has 1 fully saturated rings. The van der Waals surface area contributed by atoms with E-state index < -0.39 is 5.82 Å². The molecule has 3 rings (SSSR count). The highest BCUT2D eigenvalue weighted by atomic mass is 35.5. The van der Waals surface area contributed by atoms with Crippen molar-refractivity contribution < 1.29 is 13.8 Å². The Morgan fingerprint density at radius 2 is 2.16 bits per heavy atom. The first-order valence-electron chi connectivity index (χ1n) is 7.93. The summed E-state index contributed by atoms with van der Waals surface area (Å²) in [6.07, 6.45) is 3.97. The number of amides is 1. The predicted octanol–water partition coefficient (Wildman–Crippen LogP) is 2.71. The van der Waals surface area contributed by atoms with E-state index in [-0.39, 0.29) is 34.9 Å². The van der Waals surface area contributed by atoms with E-state index in [1.807, 2.05) is 0 Å². The molecule has 1 aromatic heterocycles. The van der Waals surface area contributed by atoms with E-state index >= 15 is 0 Å². The van der Waals surface area contributed by atoms with Crippen molar-refractivity contribution in [1.82, 2.24) is 15.6 Å². The molecule has 3 N–H and O–H groups in total. The number of nitrogens with zero attached hydrogens (tertiary/aromatic N) is 3. The number of hydrogen-bond donors (Lipinski definition) is 2. The van der Waals surface area contributed by atoms with Gasteiger partial charge in [0, 0.05) is 5.92 Å². The Hall–Kier alpha value is -2.48. The second-order valence-electron chi connectivity index (χ2n) is 5.85. The zero-order valence-corrected chi connectivity index (χ0v) is 14.1. The van der Waals surface area contributed by atoms with Crippen LogP contribution in [0.15, 0.2) is 27.8 Å². The van der Waals surface area contributed by atoms with Crippen molar-refractivity contribution >= 4 is 29.0 Å². The van der Waals surface area contributed by atoms with Gasteiger partial charge in [-0.2, -0.15) is 0 Å². The highest BCUT2D eigenvalue weighted by molar-refractivity contribution is 6.31. The lowest BCUT2D eigenvalue weighted by Gasteiger charge is -2.09. The first-order chi connectivity index (χ1) is 12.0. The standard InChI is InChI=1S/C16H17ClFN5O2/c17-11-7-10(5-6-12(11)18)21-15(19)14-13(22-25-23-14)8-20-16(24)9-3-1-2-4-9/h5-7,9H,1-4,8H2,(H2,19,21)(H,20,24). The van der Waals surface area contributed by atoms with Gasteiger partial charge in [0.15, 0.2) is 11.5 Å². The molecule has 2 aromatic rings. The number of rotatable bonds is 5. The van der Waals surface area contributed by atoms with E-state index in [1.54, 1.807) is 0 Å². The molecule has 0 unspecified atom stereocenters. The summed E-state index contributed by atoms with van der Waals surface area (Å²) in [5, 5.41) is 10.2. The minimum absolute atomic E-state index is 0.00715. The van der Waals surface area contributed by atoms with E-state index in [9.17, 15) is 9.18 Å². The molecule has 1 aliphatic carbocycles. The summed E-state index contributed by atoms with van der Waals surface area (Å²) in [6, 6.07) is 3.97. The molecule has 0 saturated heterocycles. The summed E-state index contributed by atoms with van der Waals surface area (Å²) < 4.78 is 17.9. The van der Waals surface area contributed by atoms with Crippen molar-refractivity contribution in [3.05, 3.63) is 40.4 Å². The summed E-state index contributed by atoms with van der Waals surface area (Å²) in [6.45, 7) is 0.147. The number of hydrogen-bond acceptors (Lipinski definition) is 5. The number of halogens is 2. The van der Waals surface area contributed by atoms with Gasteiger partial charge in [-0.05, 0) is 36.2 Å². The van der Waals surface area contributed by atoms with E-state index in [0.29, 0.717) is 11.4 Å². The molecule has 25 heavy (non-hydrogen) atoms. The van der Waals surface area contributed by atoms with Crippen LogP contribution in [0.5, 0.6) is 0 Å². The van der Waals surface area contributed by atoms with Crippen molar-refractivity contribution in [3.63, 3.8) is 0 Å². The number of amidine groups is 1. The smallest absolute Gasteiger partial charge is 0.223 e. The molecule has 9 heteroatoms. The summed E-state index contributed by atoms with van der Waals surface area (Å²) in [5.74, 6) is -0.463. The monoisotopic (exact) mass is 365 g/mol. The number of carbonyl (C=O) groups excluding carboxylic acids is 1. The number of aromatic nitrogens is 2. The highest BCUT2D eigenvalue weighted by Crippen LogP contribution is 2.25. The molecule has 132 valence electrons. The van der Waals surface area contributed by atoms with Gasteiger partial charge in [0.1, 0.15) is 11.5 Å². The Morgan fingerprint density at radius 3 is 2.88 bits per heavy atom. The molecule has 0 aliphatic heterocycles. The van der Waals surface area contributed by atoms with E-state index in [1.165, 1.54) is 18.2 Å². The fraction of sp³-hybridized carbons (Fsp3) is 0.375. The van der Waals surface area contributed by atoms with Crippen LogP contribution >= 0.6 is 11.6 Å². The Bertz CT molecular complexity index is 802. The lowest BCUT2D eigenvalue weighted by Crippen LogP contribution is -2.30. The average Bonchev–Trinajstić information content (AvgIpc) is 3.27. The normalized spacial score (nSPS) is 15.5. The first-order valence-corrected chi connectivity index (χ1v) is 8.31. The van der Waals surface area contributed by atoms with Crippen LogP contribution in [0.4, 0.5) is 10.1 Å². The molecular weight excluding hydrogens is 349 g/mol. The Kier molecular flexibility index (Phi) is 5.28. The molecule has 0 spiro atoms. The third kappa shape index (κ3) is 4.14. The zero-order chi connectivity index (χ0) is 17.8. The second kappa shape index (κ2) is 7.60. The van der Waals surface area contributed by atoms with Crippen LogP contribution in [0, 0.1) is 11.7 Å². The molecule has 7 nitrogen and oxygen atoms in total. The molecule has 1 amide bonds. The molecule has 0 radical (unpaired) electrons. The summed E-state index contributed by atoms with van der Waals surface area (Å²) in [5.41, 5.74) is 6.90. The minimum Gasteiger partial charge on any atom is -0.382 e. The van der Waals surface area contributed by atoms with Crippen LogP contribution in [0.25, 0.3) is 0 Å². The van der Waals surface area contributed by atoms with Crippen LogP contribution in [-0.2, 0) is 11.3 Å². The maximum absolute atomic E-state index is 13.2. The number of benzene rings is 1. The molecule has 0 atom stereocenters. The molecule has 1 saturated carbocycles. The van der Waals surface area contributed by atoms with Gasteiger partial charge in [0.05, 0.1) is 17.3 Å². The van der Waals surface area contributed by atoms with Crippen LogP contribution in [0.3, 0.4) is 0 Å². The third-order valence-corrected chi connectivity index (χ3v) is 4.40. The second-order valence-corrected chi connectivity index (χ2v) is 6.26. The van der Waals surface area contributed by atoms with Crippen molar-refractivity contribution in [2.75, 3.05) is 0 Å². The van der Waals surface area contributed by atoms with Crippen molar-refractivity contribution in [2.45, 2.75) is 32.2 Å². The van der Waals surface area contributed by atoms with Gasteiger partial charge >= 0.3 is 0 Å². The number of aliphatic imine (C=N–C) groups is 1. The fourth-order valence-electron chi connectivity index (χ4n) is 2.77. The Morgan fingerprint density at radius 1 is 1.40 bits per heavy atom. The summed E-state index contributed by atoms with van der Waals surface area (Å²) in [7, 11) is 0. The zero-order valence-electron chi connectivity index (χ0n) is 13.3. The van der Waals surface area contributed by atoms with Gasteiger partial charge < -0.3 is 11.1 Å². The summed E-state index contributed by atoms with van der Waals surface area (Å²) in [4.78, 5) is 16.2. The average molecular weight is 366 g/mol. The van der Waals surface area contributed by atoms with Crippen LogP contribution in [-0.4, -0.2) is 22.1 Å². The summed E-state index contributed by atoms with van der Waals surface area (Å²) >= 11 is 5.72. The highest BCUT2D eigenvalue weighted by Gasteiger charge is 2.23. The quantitative estimate of drug-likeness (QED) is 0.625. The van der Waals surface area contributed by atoms with E-state index in [0.717, 1.165) is 25.7 Å². The van der Waals surface area contributed by atoms with Crippen LogP contribution in [0.2, 0.25) is 5.02 Å². The lowest BCUT2D eigenvalue weighted by atomic mass is 10.1. The Labute approximate surface area is 148 Å². The van der Waals surface area contributed by atoms with Crippen molar-refractivity contribution in [3.8, 4) is 0 Å². The fourth-order valence-corrected chi connectivity index (χ4v) is 2.94. The molecule has 0 bridgehead atoms. The van der Waals surface area contributed by atoms with Gasteiger partial charge in [-0.15, -0.1) is 0 Å². The van der Waals surface area contributed by atoms with Gasteiger partial charge in [-0.1, -0.05) is 29.6 Å². The van der Waals surface area contributed by atoms with Gasteiger partial charge in [-0.3, -0.25) is 4.79 Å². The largest absolute Gasteiger partial charge is 0.382 e. The van der Waals surface area contributed by atoms with E-state index in [2.05, 4.69) is 20.6 Å². The van der Waals surface area contributed by atoms with Gasteiger partial charge in [0.2, 0.25) is 5.91 Å². The molecule has 1 aromatic carbocycles. The lowest BCUT2D eigenvalue weighted by molar-refractivity contribution is -0.125. The number of nitrogens with one attached hydrogen (secondary N) is 1. The molecular formula is C16H17ClFN5O2. The minimum atomic E-state index is -0.544. The van der Waals surface area contributed by atoms with E-state index in [4.69, 9.17) is 22.0 Å².